The first-order valence-electron chi connectivity index (χ1n) is 7.16. The van der Waals surface area contributed by atoms with Crippen LogP contribution in [0.15, 0.2) is 6.07 Å². The van der Waals surface area contributed by atoms with E-state index >= 15 is 0 Å². The van der Waals surface area contributed by atoms with Crippen LogP contribution in [0.4, 0.5) is 4.79 Å². The van der Waals surface area contributed by atoms with Crippen LogP contribution in [0.1, 0.15) is 35.6 Å². The first-order chi connectivity index (χ1) is 10.3. The Morgan fingerprint density at radius 3 is 2.41 bits per heavy atom. The van der Waals surface area contributed by atoms with Crippen LogP contribution in [0.5, 0.6) is 5.75 Å². The number of carbonyl (C=O) groups excluding carboxylic acids is 1. The first kappa shape index (κ1) is 17.9. The molecule has 0 saturated carbocycles. The molecule has 0 aliphatic rings. The van der Waals surface area contributed by atoms with Gasteiger partial charge in [-0.1, -0.05) is 5.92 Å². The van der Waals surface area contributed by atoms with E-state index in [1.807, 2.05) is 19.9 Å². The molecular formula is C18H24O4. The molecule has 1 atom stereocenters. The summed E-state index contributed by atoms with van der Waals surface area (Å²) in [5.41, 5.74) is 3.64. The van der Waals surface area contributed by atoms with Crippen molar-refractivity contribution in [1.82, 2.24) is 0 Å². The van der Waals surface area contributed by atoms with Gasteiger partial charge in [0.1, 0.15) is 5.75 Å². The normalized spacial score (nSPS) is 13.0. The summed E-state index contributed by atoms with van der Waals surface area (Å²) in [6, 6.07) is 2.02. The molecular weight excluding hydrogens is 280 g/mol. The zero-order valence-corrected chi connectivity index (χ0v) is 14.2. The first-order valence-corrected chi connectivity index (χ1v) is 7.16. The lowest BCUT2D eigenvalue weighted by molar-refractivity contribution is 0.00984. The Kier molecular flexibility index (Phi) is 5.87. The smallest absolute Gasteiger partial charge is 0.496 e. The summed E-state index contributed by atoms with van der Waals surface area (Å²) < 4.78 is 15.1. The summed E-state index contributed by atoms with van der Waals surface area (Å²) in [4.78, 5) is 11.3. The maximum absolute atomic E-state index is 11.3. The molecule has 0 amide bonds. The van der Waals surface area contributed by atoms with Crippen molar-refractivity contribution >= 4 is 6.16 Å². The average molecular weight is 304 g/mol. The van der Waals surface area contributed by atoms with Crippen LogP contribution in [0, 0.1) is 33.1 Å². The Morgan fingerprint density at radius 2 is 1.91 bits per heavy atom. The highest BCUT2D eigenvalue weighted by Gasteiger charge is 2.27. The number of hydrogen-bond donors (Lipinski definition) is 0. The SMILES string of the molecule is C#CC(C)(CCc1c(C)cc(OC)c(C)c1C)OC(=O)OC. The summed E-state index contributed by atoms with van der Waals surface area (Å²) in [5, 5.41) is 0. The molecule has 4 heteroatoms. The fourth-order valence-corrected chi connectivity index (χ4v) is 2.44. The predicted octanol–water partition coefficient (Wildman–Crippen LogP) is 3.73. The number of terminal acetylenes is 1. The second-order valence-electron chi connectivity index (χ2n) is 5.56. The Labute approximate surface area is 132 Å². The molecule has 0 spiro atoms. The van der Waals surface area contributed by atoms with Gasteiger partial charge in [-0.25, -0.2) is 4.79 Å². The van der Waals surface area contributed by atoms with Crippen molar-refractivity contribution in [2.24, 2.45) is 0 Å². The van der Waals surface area contributed by atoms with E-state index in [1.54, 1.807) is 14.0 Å². The van der Waals surface area contributed by atoms with Gasteiger partial charge >= 0.3 is 6.16 Å². The van der Waals surface area contributed by atoms with Crippen molar-refractivity contribution in [2.75, 3.05) is 14.2 Å². The largest absolute Gasteiger partial charge is 0.509 e. The minimum atomic E-state index is -0.986. The number of rotatable bonds is 5. The quantitative estimate of drug-likeness (QED) is 0.614. The minimum Gasteiger partial charge on any atom is -0.496 e. The third kappa shape index (κ3) is 3.94. The molecule has 0 aliphatic heterocycles. The highest BCUT2D eigenvalue weighted by Crippen LogP contribution is 2.30. The molecule has 0 aliphatic carbocycles. The lowest BCUT2D eigenvalue weighted by Gasteiger charge is -2.24. The van der Waals surface area contributed by atoms with Crippen LogP contribution >= 0.6 is 0 Å². The number of aryl methyl sites for hydroxylation is 1. The zero-order chi connectivity index (χ0) is 16.9. The summed E-state index contributed by atoms with van der Waals surface area (Å²) >= 11 is 0. The molecule has 120 valence electrons. The second-order valence-corrected chi connectivity index (χ2v) is 5.56. The molecule has 1 unspecified atom stereocenters. The van der Waals surface area contributed by atoms with Crippen LogP contribution in [-0.2, 0) is 15.9 Å². The van der Waals surface area contributed by atoms with E-state index in [1.165, 1.54) is 18.2 Å². The van der Waals surface area contributed by atoms with Crippen molar-refractivity contribution in [3.63, 3.8) is 0 Å². The van der Waals surface area contributed by atoms with Gasteiger partial charge < -0.3 is 14.2 Å². The monoisotopic (exact) mass is 304 g/mol. The van der Waals surface area contributed by atoms with Gasteiger partial charge in [-0.2, -0.15) is 0 Å². The maximum atomic E-state index is 11.3. The Hall–Kier alpha value is -2.15. The van der Waals surface area contributed by atoms with Crippen LogP contribution in [0.2, 0.25) is 0 Å². The second kappa shape index (κ2) is 7.22. The van der Waals surface area contributed by atoms with Crippen LogP contribution in [-0.4, -0.2) is 26.0 Å². The van der Waals surface area contributed by atoms with Gasteiger partial charge in [-0.05, 0) is 62.4 Å². The molecule has 0 saturated heterocycles. The lowest BCUT2D eigenvalue weighted by Crippen LogP contribution is -2.30. The summed E-state index contributed by atoms with van der Waals surface area (Å²) in [6.07, 6.45) is 5.99. The Bertz CT molecular complexity index is 598. The lowest BCUT2D eigenvalue weighted by atomic mass is 9.90. The highest BCUT2D eigenvalue weighted by molar-refractivity contribution is 5.61. The number of ether oxygens (including phenoxy) is 3. The van der Waals surface area contributed by atoms with Crippen molar-refractivity contribution in [3.05, 3.63) is 28.3 Å². The maximum Gasteiger partial charge on any atom is 0.509 e. The molecule has 0 radical (unpaired) electrons. The van der Waals surface area contributed by atoms with Crippen molar-refractivity contribution in [3.8, 4) is 18.1 Å². The van der Waals surface area contributed by atoms with E-state index in [4.69, 9.17) is 15.9 Å². The molecule has 0 bridgehead atoms. The van der Waals surface area contributed by atoms with Crippen molar-refractivity contribution in [2.45, 2.75) is 46.1 Å². The minimum absolute atomic E-state index is 0.520. The number of carbonyl (C=O) groups is 1. The third-order valence-corrected chi connectivity index (χ3v) is 4.06. The van der Waals surface area contributed by atoms with Gasteiger partial charge in [0.15, 0.2) is 5.60 Å². The standard InChI is InChI=1S/C18H24O4/c1-8-18(5,22-17(19)21-7)10-9-15-12(2)11-16(20-6)14(4)13(15)3/h1,11H,9-10H2,2-7H3. The molecule has 1 aromatic carbocycles. The van der Waals surface area contributed by atoms with Crippen LogP contribution < -0.4 is 4.74 Å². The molecule has 4 nitrogen and oxygen atoms in total. The van der Waals surface area contributed by atoms with Crippen molar-refractivity contribution < 1.29 is 19.0 Å². The Balaban J connectivity index is 2.99. The summed E-state index contributed by atoms with van der Waals surface area (Å²) in [6.45, 7) is 7.85. The molecule has 0 heterocycles. The van der Waals surface area contributed by atoms with Crippen LogP contribution in [0.25, 0.3) is 0 Å². The number of benzene rings is 1. The van der Waals surface area contributed by atoms with E-state index in [2.05, 4.69) is 17.6 Å². The number of hydrogen-bond acceptors (Lipinski definition) is 4. The van der Waals surface area contributed by atoms with Crippen LogP contribution in [0.3, 0.4) is 0 Å². The van der Waals surface area contributed by atoms with E-state index in [-0.39, 0.29) is 0 Å². The molecule has 0 N–H and O–H groups in total. The van der Waals surface area contributed by atoms with Gasteiger partial charge in [0.2, 0.25) is 0 Å². The van der Waals surface area contributed by atoms with Gasteiger partial charge in [0, 0.05) is 6.42 Å². The van der Waals surface area contributed by atoms with Gasteiger partial charge in [-0.15, -0.1) is 6.42 Å². The number of methoxy groups -OCH3 is 2. The summed E-state index contributed by atoms with van der Waals surface area (Å²) in [7, 11) is 2.93. The molecule has 0 aromatic heterocycles. The van der Waals surface area contributed by atoms with E-state index in [0.717, 1.165) is 16.9 Å². The highest BCUT2D eigenvalue weighted by atomic mass is 16.7. The van der Waals surface area contributed by atoms with Gasteiger partial charge in [0.25, 0.3) is 0 Å². The summed E-state index contributed by atoms with van der Waals surface area (Å²) in [5.74, 6) is 3.42. The molecule has 22 heavy (non-hydrogen) atoms. The van der Waals surface area contributed by atoms with E-state index in [9.17, 15) is 4.79 Å². The molecule has 0 fully saturated rings. The molecule has 1 aromatic rings. The fraction of sp³-hybridized carbons (Fsp3) is 0.500. The average Bonchev–Trinajstić information content (AvgIpc) is 2.50. The topological polar surface area (TPSA) is 44.8 Å². The molecule has 1 rings (SSSR count). The van der Waals surface area contributed by atoms with E-state index in [0.29, 0.717) is 12.8 Å². The predicted molar refractivity (Wildman–Crippen MR) is 86.3 cm³/mol. The third-order valence-electron chi connectivity index (χ3n) is 4.06. The van der Waals surface area contributed by atoms with Crippen molar-refractivity contribution in [1.29, 1.82) is 0 Å². The van der Waals surface area contributed by atoms with Gasteiger partial charge in [0.05, 0.1) is 14.2 Å². The van der Waals surface area contributed by atoms with E-state index < -0.39 is 11.8 Å². The zero-order valence-electron chi connectivity index (χ0n) is 14.2. The fourth-order valence-electron chi connectivity index (χ4n) is 2.44. The van der Waals surface area contributed by atoms with Gasteiger partial charge in [-0.3, -0.25) is 0 Å². The Morgan fingerprint density at radius 1 is 1.27 bits per heavy atom.